The van der Waals surface area contributed by atoms with Crippen LogP contribution in [0.5, 0.6) is 5.75 Å². The topological polar surface area (TPSA) is 70.7 Å². The predicted molar refractivity (Wildman–Crippen MR) is 90.8 cm³/mol. The molecule has 5 heteroatoms. The van der Waals surface area contributed by atoms with Gasteiger partial charge in [0.1, 0.15) is 11.3 Å². The zero-order chi connectivity index (χ0) is 15.6. The fourth-order valence-electron chi connectivity index (χ4n) is 2.49. The van der Waals surface area contributed by atoms with Gasteiger partial charge >= 0.3 is 6.01 Å². The molecule has 1 heterocycles. The smallest absolute Gasteiger partial charge is 0.316 e. The molecule has 4 aromatic rings. The van der Waals surface area contributed by atoms with Crippen molar-refractivity contribution < 1.29 is 9.52 Å². The molecule has 4 rings (SSSR count). The number of oxazole rings is 1. The van der Waals surface area contributed by atoms with Gasteiger partial charge in [-0.1, -0.05) is 42.5 Å². The van der Waals surface area contributed by atoms with Crippen LogP contribution in [0.1, 0.15) is 5.56 Å². The normalized spacial score (nSPS) is 11.5. The number of anilines is 1. The molecule has 0 fully saturated rings. The lowest BCUT2D eigenvalue weighted by molar-refractivity contribution is 0.475. The molecular weight excluding hydrogens is 290 g/mol. The number of hydrogen-bond donors (Lipinski definition) is 2. The Hall–Kier alpha value is -3.34. The Kier molecular flexibility index (Phi) is 3.16. The minimum absolute atomic E-state index is 0.173. The van der Waals surface area contributed by atoms with Gasteiger partial charge in [-0.05, 0) is 29.0 Å². The number of aromatic nitrogens is 1. The number of rotatable bonds is 3. The molecule has 2 N–H and O–H groups in total. The summed E-state index contributed by atoms with van der Waals surface area (Å²) in [6, 6.07) is 19.1. The molecule has 3 aromatic carbocycles. The molecule has 112 valence electrons. The third kappa shape index (κ3) is 2.48. The minimum Gasteiger partial charge on any atom is -0.507 e. The van der Waals surface area contributed by atoms with E-state index in [9.17, 15) is 5.11 Å². The molecule has 0 atom stereocenters. The van der Waals surface area contributed by atoms with Crippen molar-refractivity contribution in [3.05, 3.63) is 66.2 Å². The number of aromatic hydroxyl groups is 1. The van der Waals surface area contributed by atoms with Gasteiger partial charge in [0.05, 0.1) is 6.21 Å². The second kappa shape index (κ2) is 5.46. The third-order valence-electron chi connectivity index (χ3n) is 3.60. The first-order valence-corrected chi connectivity index (χ1v) is 7.16. The van der Waals surface area contributed by atoms with Crippen molar-refractivity contribution in [2.24, 2.45) is 5.10 Å². The van der Waals surface area contributed by atoms with E-state index >= 15 is 0 Å². The summed E-state index contributed by atoms with van der Waals surface area (Å²) >= 11 is 0. The van der Waals surface area contributed by atoms with Gasteiger partial charge in [-0.2, -0.15) is 10.1 Å². The fraction of sp³-hybridized carbons (Fsp3) is 0. The molecular formula is C18H13N3O2. The van der Waals surface area contributed by atoms with Crippen LogP contribution in [0, 0.1) is 0 Å². The van der Waals surface area contributed by atoms with Gasteiger partial charge in [0.15, 0.2) is 5.58 Å². The number of nitrogens with zero attached hydrogens (tertiary/aromatic N) is 2. The van der Waals surface area contributed by atoms with Crippen LogP contribution in [-0.2, 0) is 0 Å². The number of para-hydroxylation sites is 2. The van der Waals surface area contributed by atoms with Gasteiger partial charge in [0.2, 0.25) is 0 Å². The number of hydrazone groups is 1. The molecule has 0 amide bonds. The van der Waals surface area contributed by atoms with Gasteiger partial charge in [0, 0.05) is 5.56 Å². The Morgan fingerprint density at radius 3 is 2.74 bits per heavy atom. The van der Waals surface area contributed by atoms with E-state index < -0.39 is 0 Å². The maximum Gasteiger partial charge on any atom is 0.316 e. The molecule has 0 spiro atoms. The van der Waals surface area contributed by atoms with Gasteiger partial charge in [0.25, 0.3) is 0 Å². The van der Waals surface area contributed by atoms with Crippen molar-refractivity contribution in [1.82, 2.24) is 4.98 Å². The van der Waals surface area contributed by atoms with Crippen LogP contribution in [0.25, 0.3) is 21.9 Å². The Morgan fingerprint density at radius 2 is 1.83 bits per heavy atom. The fourth-order valence-corrected chi connectivity index (χ4v) is 2.49. The van der Waals surface area contributed by atoms with Crippen molar-refractivity contribution in [2.45, 2.75) is 0 Å². The summed E-state index contributed by atoms with van der Waals surface area (Å²) in [5.74, 6) is 0.173. The summed E-state index contributed by atoms with van der Waals surface area (Å²) < 4.78 is 5.53. The largest absolute Gasteiger partial charge is 0.507 e. The first-order valence-electron chi connectivity index (χ1n) is 7.16. The summed E-state index contributed by atoms with van der Waals surface area (Å²) in [6.07, 6.45) is 1.56. The van der Waals surface area contributed by atoms with E-state index in [4.69, 9.17) is 4.42 Å². The van der Waals surface area contributed by atoms with Gasteiger partial charge in [-0.25, -0.2) is 5.43 Å². The van der Waals surface area contributed by atoms with Gasteiger partial charge in [-0.15, -0.1) is 0 Å². The summed E-state index contributed by atoms with van der Waals surface area (Å²) in [7, 11) is 0. The summed E-state index contributed by atoms with van der Waals surface area (Å²) in [5.41, 5.74) is 4.86. The van der Waals surface area contributed by atoms with Crippen molar-refractivity contribution in [3.63, 3.8) is 0 Å². The lowest BCUT2D eigenvalue weighted by Crippen LogP contribution is -1.92. The van der Waals surface area contributed by atoms with E-state index in [1.165, 1.54) is 0 Å². The first-order chi connectivity index (χ1) is 11.3. The number of phenols is 1. The van der Waals surface area contributed by atoms with Gasteiger partial charge < -0.3 is 9.52 Å². The Morgan fingerprint density at radius 1 is 1.00 bits per heavy atom. The lowest BCUT2D eigenvalue weighted by atomic mass is 10.0. The van der Waals surface area contributed by atoms with Crippen LogP contribution in [0.2, 0.25) is 0 Å². The molecule has 0 bridgehead atoms. The van der Waals surface area contributed by atoms with Crippen molar-refractivity contribution in [3.8, 4) is 5.75 Å². The SMILES string of the molecule is Oc1ccc2ccccc2c1C=NNc1nc2ccccc2o1. The number of nitrogens with one attached hydrogen (secondary N) is 1. The summed E-state index contributed by atoms with van der Waals surface area (Å²) in [5, 5.41) is 16.2. The highest BCUT2D eigenvalue weighted by molar-refractivity contribution is 6.02. The lowest BCUT2D eigenvalue weighted by Gasteiger charge is -2.04. The Balaban J connectivity index is 1.65. The predicted octanol–water partition coefficient (Wildman–Crippen LogP) is 4.13. The maximum absolute atomic E-state index is 10.1. The molecule has 0 aliphatic heterocycles. The highest BCUT2D eigenvalue weighted by Crippen LogP contribution is 2.25. The van der Waals surface area contributed by atoms with Gasteiger partial charge in [-0.3, -0.25) is 0 Å². The van der Waals surface area contributed by atoms with E-state index in [2.05, 4.69) is 15.5 Å². The van der Waals surface area contributed by atoms with E-state index in [0.717, 1.165) is 16.3 Å². The van der Waals surface area contributed by atoms with E-state index in [-0.39, 0.29) is 5.75 Å². The van der Waals surface area contributed by atoms with Crippen molar-refractivity contribution >= 4 is 34.1 Å². The standard InChI is InChI=1S/C18H13N3O2/c22-16-10-9-12-5-1-2-6-13(12)14(16)11-19-21-18-20-15-7-3-4-8-17(15)23-18/h1-11,22H,(H,20,21). The quantitative estimate of drug-likeness (QED) is 0.441. The van der Waals surface area contributed by atoms with Crippen molar-refractivity contribution in [2.75, 3.05) is 5.43 Å². The molecule has 0 aliphatic carbocycles. The summed E-state index contributed by atoms with van der Waals surface area (Å²) in [6.45, 7) is 0. The number of hydrogen-bond acceptors (Lipinski definition) is 5. The van der Waals surface area contributed by atoms with Crippen LogP contribution in [0.3, 0.4) is 0 Å². The van der Waals surface area contributed by atoms with Crippen LogP contribution >= 0.6 is 0 Å². The third-order valence-corrected chi connectivity index (χ3v) is 3.60. The molecule has 0 aliphatic rings. The zero-order valence-corrected chi connectivity index (χ0v) is 12.1. The number of fused-ring (bicyclic) bond motifs is 2. The molecule has 0 unspecified atom stereocenters. The Labute approximate surface area is 131 Å². The van der Waals surface area contributed by atoms with E-state index in [1.54, 1.807) is 12.3 Å². The first kappa shape index (κ1) is 13.3. The molecule has 0 radical (unpaired) electrons. The highest BCUT2D eigenvalue weighted by atomic mass is 16.4. The van der Waals surface area contributed by atoms with Crippen molar-refractivity contribution in [1.29, 1.82) is 0 Å². The monoisotopic (exact) mass is 303 g/mol. The average molecular weight is 303 g/mol. The second-order valence-corrected chi connectivity index (χ2v) is 5.08. The van der Waals surface area contributed by atoms with Crippen LogP contribution in [-0.4, -0.2) is 16.3 Å². The second-order valence-electron chi connectivity index (χ2n) is 5.08. The van der Waals surface area contributed by atoms with E-state index in [1.807, 2.05) is 54.6 Å². The van der Waals surface area contributed by atoms with Crippen LogP contribution in [0.15, 0.2) is 70.2 Å². The number of phenolic OH excluding ortho intramolecular Hbond substituents is 1. The van der Waals surface area contributed by atoms with Crippen LogP contribution < -0.4 is 5.43 Å². The van der Waals surface area contributed by atoms with Crippen LogP contribution in [0.4, 0.5) is 6.01 Å². The minimum atomic E-state index is 0.173. The molecule has 5 nitrogen and oxygen atoms in total. The number of benzene rings is 3. The molecule has 0 saturated heterocycles. The average Bonchev–Trinajstić information content (AvgIpc) is 2.99. The van der Waals surface area contributed by atoms with E-state index in [0.29, 0.717) is 17.2 Å². The summed E-state index contributed by atoms with van der Waals surface area (Å²) in [4.78, 5) is 4.27. The molecule has 0 saturated carbocycles. The highest BCUT2D eigenvalue weighted by Gasteiger charge is 2.05. The zero-order valence-electron chi connectivity index (χ0n) is 12.1. The maximum atomic E-state index is 10.1. The Bertz CT molecular complexity index is 988. The molecule has 23 heavy (non-hydrogen) atoms. The molecule has 1 aromatic heterocycles.